The lowest BCUT2D eigenvalue weighted by atomic mass is 10.2. The van der Waals surface area contributed by atoms with Crippen molar-refractivity contribution in [2.24, 2.45) is 0 Å². The fraction of sp³-hybridized carbons (Fsp3) is 0.688. The van der Waals surface area contributed by atoms with Crippen LogP contribution < -0.4 is 10.6 Å². The van der Waals surface area contributed by atoms with Gasteiger partial charge in [0.25, 0.3) is 23.6 Å². The van der Waals surface area contributed by atoms with E-state index in [0.29, 0.717) is 35.4 Å². The first kappa shape index (κ1) is 40.2. The molecule has 2 heterocycles. The van der Waals surface area contributed by atoms with E-state index in [1.165, 1.54) is 9.80 Å². The molecule has 0 aromatic carbocycles. The molecule has 0 aliphatic carbocycles. The van der Waals surface area contributed by atoms with Gasteiger partial charge in [-0.1, -0.05) is 0 Å². The maximum Gasteiger partial charge on any atom is 0.256 e. The van der Waals surface area contributed by atoms with Gasteiger partial charge in [-0.15, -0.1) is 0 Å². The van der Waals surface area contributed by atoms with E-state index < -0.39 is 16.6 Å². The van der Waals surface area contributed by atoms with Crippen LogP contribution in [0.3, 0.4) is 0 Å². The molecule has 0 aromatic heterocycles. The smallest absolute Gasteiger partial charge is 0.256 e. The molecule has 15 heteroatoms. The quantitative estimate of drug-likeness (QED) is 0.0987. The Morgan fingerprint density at radius 2 is 0.894 bits per heavy atom. The molecular formula is C32H54N4O9Si2. The van der Waals surface area contributed by atoms with Crippen molar-refractivity contribution >= 4 is 52.1 Å². The zero-order chi connectivity index (χ0) is 35.4. The Bertz CT molecular complexity index is 1120. The normalized spacial score (nSPS) is 15.9. The molecule has 0 saturated heterocycles. The molecular weight excluding hydrogens is 641 g/mol. The molecule has 0 aromatic rings. The Balaban J connectivity index is 1.49. The summed E-state index contributed by atoms with van der Waals surface area (Å²) in [5.74, 6) is -1.35. The second kappa shape index (κ2) is 18.5. The third kappa shape index (κ3) is 12.9. The first-order valence-electron chi connectivity index (χ1n) is 16.4. The zero-order valence-corrected chi connectivity index (χ0v) is 31.5. The SMILES string of the molecule is CC1=C(C)C(=O)N(CCOCCC(=O)NCCC[Si](C)(C)O[Si](C)(C)CCCNC(=O)CCOCCN2C(=O)C(C)=C(C)C2=O)C1=O. The molecule has 47 heavy (non-hydrogen) atoms. The predicted molar refractivity (Wildman–Crippen MR) is 182 cm³/mol. The van der Waals surface area contributed by atoms with Gasteiger partial charge in [0.05, 0.1) is 39.5 Å². The Kier molecular flexibility index (Phi) is 15.8. The summed E-state index contributed by atoms with van der Waals surface area (Å²) >= 11 is 0. The number of imide groups is 2. The van der Waals surface area contributed by atoms with E-state index in [9.17, 15) is 28.8 Å². The number of ether oxygens (including phenoxy) is 2. The van der Waals surface area contributed by atoms with Gasteiger partial charge in [-0.3, -0.25) is 38.6 Å². The number of nitrogens with zero attached hydrogens (tertiary/aromatic N) is 2. The predicted octanol–water partition coefficient (Wildman–Crippen LogP) is 2.65. The number of carbonyl (C=O) groups is 6. The maximum atomic E-state index is 12.2. The Morgan fingerprint density at radius 1 is 0.574 bits per heavy atom. The van der Waals surface area contributed by atoms with Crippen molar-refractivity contribution in [1.29, 1.82) is 0 Å². The van der Waals surface area contributed by atoms with Crippen molar-refractivity contribution in [2.45, 2.75) is 91.7 Å². The molecule has 6 amide bonds. The highest BCUT2D eigenvalue weighted by molar-refractivity contribution is 6.84. The molecule has 2 aliphatic heterocycles. The van der Waals surface area contributed by atoms with Crippen LogP contribution in [-0.2, 0) is 42.4 Å². The van der Waals surface area contributed by atoms with Gasteiger partial charge in [-0.25, -0.2) is 0 Å². The van der Waals surface area contributed by atoms with Gasteiger partial charge in [0, 0.05) is 48.2 Å². The van der Waals surface area contributed by atoms with Crippen LogP contribution >= 0.6 is 0 Å². The largest absolute Gasteiger partial charge is 0.455 e. The monoisotopic (exact) mass is 694 g/mol. The summed E-state index contributed by atoms with van der Waals surface area (Å²) in [7, 11) is -3.89. The molecule has 2 rings (SSSR count). The molecule has 13 nitrogen and oxygen atoms in total. The van der Waals surface area contributed by atoms with Crippen molar-refractivity contribution in [3.05, 3.63) is 22.3 Å². The lowest BCUT2D eigenvalue weighted by Gasteiger charge is -2.34. The Labute approximate surface area is 281 Å². The van der Waals surface area contributed by atoms with E-state index in [1.54, 1.807) is 27.7 Å². The lowest BCUT2D eigenvalue weighted by molar-refractivity contribution is -0.140. The molecule has 264 valence electrons. The van der Waals surface area contributed by atoms with Gasteiger partial charge in [-0.2, -0.15) is 0 Å². The van der Waals surface area contributed by atoms with Crippen LogP contribution in [-0.4, -0.2) is 114 Å². The minimum Gasteiger partial charge on any atom is -0.455 e. The van der Waals surface area contributed by atoms with E-state index in [2.05, 4.69) is 36.8 Å². The van der Waals surface area contributed by atoms with Crippen molar-refractivity contribution in [3.8, 4) is 0 Å². The van der Waals surface area contributed by atoms with Crippen LogP contribution in [0.1, 0.15) is 53.4 Å². The molecule has 0 bridgehead atoms. The van der Waals surface area contributed by atoms with Gasteiger partial charge >= 0.3 is 0 Å². The summed E-state index contributed by atoms with van der Waals surface area (Å²) < 4.78 is 17.6. The number of nitrogens with one attached hydrogen (secondary N) is 2. The van der Waals surface area contributed by atoms with E-state index in [-0.39, 0.29) is 87.8 Å². The highest BCUT2D eigenvalue weighted by Crippen LogP contribution is 2.24. The Hall–Kier alpha value is -2.99. The first-order valence-corrected chi connectivity index (χ1v) is 22.7. The van der Waals surface area contributed by atoms with Crippen LogP contribution in [0.25, 0.3) is 0 Å². The topological polar surface area (TPSA) is 161 Å². The lowest BCUT2D eigenvalue weighted by Crippen LogP contribution is -2.45. The van der Waals surface area contributed by atoms with Crippen LogP contribution in [0, 0.1) is 0 Å². The standard InChI is InChI=1S/C32H54N4O9Si2/c1-23-24(2)30(40)35(29(23)39)15-19-43-17-11-27(37)33-13-9-21-46(5,6)45-47(7,8)22-10-14-34-28(38)12-18-44-20-16-36-31(41)25(3)26(4)32(36)42/h9-22H2,1-8H3,(H,33,37)(H,34,38). The number of amides is 6. The fourth-order valence-corrected chi connectivity index (χ4v) is 14.3. The fourth-order valence-electron chi connectivity index (χ4n) is 5.40. The third-order valence-corrected chi connectivity index (χ3v) is 15.9. The highest BCUT2D eigenvalue weighted by atomic mass is 28.4. The number of hydrogen-bond donors (Lipinski definition) is 2. The summed E-state index contributed by atoms with van der Waals surface area (Å²) in [6.45, 7) is 17.6. The van der Waals surface area contributed by atoms with E-state index in [0.717, 1.165) is 24.9 Å². The van der Waals surface area contributed by atoms with Crippen molar-refractivity contribution in [2.75, 3.05) is 52.6 Å². The second-order valence-electron chi connectivity index (χ2n) is 13.3. The van der Waals surface area contributed by atoms with Gasteiger partial charge in [0.1, 0.15) is 0 Å². The third-order valence-electron chi connectivity index (χ3n) is 8.36. The highest BCUT2D eigenvalue weighted by Gasteiger charge is 2.34. The molecule has 0 unspecified atom stereocenters. The van der Waals surface area contributed by atoms with Gasteiger partial charge in [0.15, 0.2) is 16.6 Å². The van der Waals surface area contributed by atoms with Crippen molar-refractivity contribution in [1.82, 2.24) is 20.4 Å². The summed E-state index contributed by atoms with van der Waals surface area (Å²) in [6.07, 6.45) is 2.05. The summed E-state index contributed by atoms with van der Waals surface area (Å²) in [4.78, 5) is 75.0. The van der Waals surface area contributed by atoms with Crippen LogP contribution in [0.4, 0.5) is 0 Å². The van der Waals surface area contributed by atoms with Crippen molar-refractivity contribution < 1.29 is 42.4 Å². The average molecular weight is 695 g/mol. The summed E-state index contributed by atoms with van der Waals surface area (Å²) in [5, 5.41) is 5.85. The van der Waals surface area contributed by atoms with E-state index >= 15 is 0 Å². The number of carbonyl (C=O) groups excluding carboxylic acids is 6. The minimum atomic E-state index is -1.94. The number of hydrogen-bond acceptors (Lipinski definition) is 9. The van der Waals surface area contributed by atoms with E-state index in [1.807, 2.05) is 0 Å². The molecule has 0 saturated carbocycles. The van der Waals surface area contributed by atoms with Gasteiger partial charge in [-0.05, 0) is 78.8 Å². The zero-order valence-electron chi connectivity index (χ0n) is 29.5. The average Bonchev–Trinajstić information content (AvgIpc) is 3.30. The molecule has 0 spiro atoms. The second-order valence-corrected chi connectivity index (χ2v) is 22.1. The molecule has 0 radical (unpaired) electrons. The van der Waals surface area contributed by atoms with Crippen LogP contribution in [0.5, 0.6) is 0 Å². The van der Waals surface area contributed by atoms with Crippen LogP contribution in [0.15, 0.2) is 22.3 Å². The minimum absolute atomic E-state index is 0.104. The maximum absolute atomic E-state index is 12.2. The van der Waals surface area contributed by atoms with Gasteiger partial charge in [0.2, 0.25) is 11.8 Å². The first-order chi connectivity index (χ1) is 22.0. The summed E-state index contributed by atoms with van der Waals surface area (Å²) in [6, 6.07) is 1.83. The molecule has 2 aliphatic rings. The van der Waals surface area contributed by atoms with Crippen LogP contribution in [0.2, 0.25) is 38.3 Å². The molecule has 2 N–H and O–H groups in total. The van der Waals surface area contributed by atoms with Crippen molar-refractivity contribution in [3.63, 3.8) is 0 Å². The molecule has 0 atom stereocenters. The number of rotatable bonds is 22. The van der Waals surface area contributed by atoms with E-state index in [4.69, 9.17) is 13.6 Å². The Morgan fingerprint density at radius 3 is 1.21 bits per heavy atom. The molecule has 0 fully saturated rings. The van der Waals surface area contributed by atoms with Gasteiger partial charge < -0.3 is 24.2 Å². The summed E-state index contributed by atoms with van der Waals surface area (Å²) in [5.41, 5.74) is 1.86.